The van der Waals surface area contributed by atoms with E-state index in [2.05, 4.69) is 31.0 Å². The molecule has 2 atom stereocenters. The van der Waals surface area contributed by atoms with E-state index in [4.69, 9.17) is 0 Å². The standard InChI is InChI=1S/C16H24F2N2/c1-11(2)7-13-9-20(12(3)8-19-13)10-14-15(17)5-4-6-16(14)18/h4-6,11-13,19H,7-10H2,1-3H3. The van der Waals surface area contributed by atoms with Crippen LogP contribution in [0.25, 0.3) is 0 Å². The first-order chi connectivity index (χ1) is 9.47. The molecule has 0 saturated carbocycles. The number of benzene rings is 1. The Kier molecular flexibility index (Phi) is 5.11. The predicted octanol–water partition coefficient (Wildman–Crippen LogP) is 3.17. The minimum Gasteiger partial charge on any atom is -0.311 e. The van der Waals surface area contributed by atoms with E-state index >= 15 is 0 Å². The highest BCUT2D eigenvalue weighted by Crippen LogP contribution is 2.19. The normalized spacial score (nSPS) is 24.3. The molecule has 0 bridgehead atoms. The molecule has 1 aliphatic rings. The molecule has 1 aromatic carbocycles. The zero-order chi connectivity index (χ0) is 14.7. The Morgan fingerprint density at radius 2 is 1.95 bits per heavy atom. The van der Waals surface area contributed by atoms with E-state index in [-0.39, 0.29) is 11.6 Å². The van der Waals surface area contributed by atoms with Crippen molar-refractivity contribution in [3.8, 4) is 0 Å². The average Bonchev–Trinajstić information content (AvgIpc) is 2.37. The molecule has 1 N–H and O–H groups in total. The van der Waals surface area contributed by atoms with Crippen LogP contribution < -0.4 is 5.32 Å². The maximum atomic E-state index is 13.8. The summed E-state index contributed by atoms with van der Waals surface area (Å²) in [4.78, 5) is 2.17. The number of rotatable bonds is 4. The molecule has 1 saturated heterocycles. The lowest BCUT2D eigenvalue weighted by Gasteiger charge is -2.39. The Morgan fingerprint density at radius 3 is 2.55 bits per heavy atom. The smallest absolute Gasteiger partial charge is 0.130 e. The summed E-state index contributed by atoms with van der Waals surface area (Å²) in [6, 6.07) is 4.77. The van der Waals surface area contributed by atoms with Gasteiger partial charge in [0.1, 0.15) is 11.6 Å². The summed E-state index contributed by atoms with van der Waals surface area (Å²) in [5.41, 5.74) is 0.185. The van der Waals surface area contributed by atoms with Crippen molar-refractivity contribution in [3.05, 3.63) is 35.4 Å². The monoisotopic (exact) mass is 282 g/mol. The molecule has 1 heterocycles. The van der Waals surface area contributed by atoms with E-state index in [1.54, 1.807) is 0 Å². The van der Waals surface area contributed by atoms with E-state index in [1.807, 2.05) is 0 Å². The van der Waals surface area contributed by atoms with Gasteiger partial charge in [-0.15, -0.1) is 0 Å². The molecule has 0 spiro atoms. The van der Waals surface area contributed by atoms with Crippen molar-refractivity contribution in [2.45, 2.75) is 45.8 Å². The van der Waals surface area contributed by atoms with Crippen molar-refractivity contribution in [1.29, 1.82) is 0 Å². The van der Waals surface area contributed by atoms with Crippen molar-refractivity contribution in [2.24, 2.45) is 5.92 Å². The second-order valence-electron chi connectivity index (χ2n) is 6.21. The van der Waals surface area contributed by atoms with E-state index in [9.17, 15) is 8.78 Å². The maximum Gasteiger partial charge on any atom is 0.130 e. The van der Waals surface area contributed by atoms with Gasteiger partial charge >= 0.3 is 0 Å². The highest BCUT2D eigenvalue weighted by molar-refractivity contribution is 5.19. The van der Waals surface area contributed by atoms with Crippen molar-refractivity contribution in [3.63, 3.8) is 0 Å². The number of nitrogens with zero attached hydrogens (tertiary/aromatic N) is 1. The molecule has 2 nitrogen and oxygen atoms in total. The lowest BCUT2D eigenvalue weighted by atomic mass is 9.99. The predicted molar refractivity (Wildman–Crippen MR) is 77.5 cm³/mol. The summed E-state index contributed by atoms with van der Waals surface area (Å²) in [6.07, 6.45) is 1.09. The van der Waals surface area contributed by atoms with Crippen LogP contribution in [0, 0.1) is 17.6 Å². The fourth-order valence-corrected chi connectivity index (χ4v) is 2.83. The summed E-state index contributed by atoms with van der Waals surface area (Å²) in [5, 5.41) is 3.52. The van der Waals surface area contributed by atoms with E-state index in [0.717, 1.165) is 19.5 Å². The first-order valence-electron chi connectivity index (χ1n) is 7.37. The first-order valence-corrected chi connectivity index (χ1v) is 7.37. The molecule has 1 fully saturated rings. The molecule has 112 valence electrons. The average molecular weight is 282 g/mol. The molecular formula is C16H24F2N2. The van der Waals surface area contributed by atoms with Gasteiger partial charge in [0.25, 0.3) is 0 Å². The summed E-state index contributed by atoms with van der Waals surface area (Å²) in [7, 11) is 0. The molecule has 0 amide bonds. The number of hydrogen-bond acceptors (Lipinski definition) is 2. The van der Waals surface area contributed by atoms with Crippen LogP contribution in [-0.2, 0) is 6.54 Å². The Bertz CT molecular complexity index is 428. The molecule has 1 aromatic rings. The first kappa shape index (κ1) is 15.4. The minimum atomic E-state index is -0.448. The van der Waals surface area contributed by atoms with Crippen LogP contribution in [0.5, 0.6) is 0 Å². The number of nitrogens with one attached hydrogen (secondary N) is 1. The minimum absolute atomic E-state index is 0.185. The largest absolute Gasteiger partial charge is 0.311 e. The fraction of sp³-hybridized carbons (Fsp3) is 0.625. The van der Waals surface area contributed by atoms with Gasteiger partial charge < -0.3 is 5.32 Å². The molecule has 0 aliphatic carbocycles. The number of hydrogen-bond donors (Lipinski definition) is 1. The van der Waals surface area contributed by atoms with Crippen LogP contribution in [0.15, 0.2) is 18.2 Å². The van der Waals surface area contributed by atoms with Gasteiger partial charge in [0.15, 0.2) is 0 Å². The summed E-state index contributed by atoms with van der Waals surface area (Å²) in [5.74, 6) is -0.278. The van der Waals surface area contributed by atoms with Gasteiger partial charge in [-0.3, -0.25) is 4.90 Å². The Labute approximate surface area is 120 Å². The molecule has 1 aliphatic heterocycles. The van der Waals surface area contributed by atoms with Crippen LogP contribution in [0.2, 0.25) is 0 Å². The SMILES string of the molecule is CC(C)CC1CN(Cc2c(F)cccc2F)C(C)CN1. The van der Waals surface area contributed by atoms with E-state index in [0.29, 0.717) is 18.5 Å². The Morgan fingerprint density at radius 1 is 1.30 bits per heavy atom. The third-order valence-electron chi connectivity index (χ3n) is 3.96. The van der Waals surface area contributed by atoms with Crippen molar-refractivity contribution >= 4 is 0 Å². The van der Waals surface area contributed by atoms with Crippen LogP contribution in [0.3, 0.4) is 0 Å². The van der Waals surface area contributed by atoms with Crippen LogP contribution in [0.1, 0.15) is 32.8 Å². The van der Waals surface area contributed by atoms with Gasteiger partial charge in [0.05, 0.1) is 0 Å². The Hall–Kier alpha value is -1.00. The molecule has 0 aromatic heterocycles. The van der Waals surface area contributed by atoms with Gasteiger partial charge in [-0.05, 0) is 31.4 Å². The third-order valence-corrected chi connectivity index (χ3v) is 3.96. The third kappa shape index (κ3) is 3.76. The Balaban J connectivity index is 2.06. The lowest BCUT2D eigenvalue weighted by Crippen LogP contribution is -2.55. The molecule has 0 radical (unpaired) electrons. The zero-order valence-corrected chi connectivity index (χ0v) is 12.5. The van der Waals surface area contributed by atoms with Gasteiger partial charge in [-0.2, -0.15) is 0 Å². The number of piperazine rings is 1. The number of halogens is 2. The van der Waals surface area contributed by atoms with Gasteiger partial charge in [-0.1, -0.05) is 19.9 Å². The van der Waals surface area contributed by atoms with Gasteiger partial charge in [-0.25, -0.2) is 8.78 Å². The zero-order valence-electron chi connectivity index (χ0n) is 12.5. The molecule has 2 rings (SSSR count). The van der Waals surface area contributed by atoms with Crippen molar-refractivity contribution < 1.29 is 8.78 Å². The maximum absolute atomic E-state index is 13.8. The topological polar surface area (TPSA) is 15.3 Å². The second-order valence-corrected chi connectivity index (χ2v) is 6.21. The second kappa shape index (κ2) is 6.64. The molecule has 20 heavy (non-hydrogen) atoms. The quantitative estimate of drug-likeness (QED) is 0.912. The van der Waals surface area contributed by atoms with E-state index < -0.39 is 11.6 Å². The summed E-state index contributed by atoms with van der Waals surface area (Å²) < 4.78 is 27.5. The van der Waals surface area contributed by atoms with E-state index in [1.165, 1.54) is 18.2 Å². The summed E-state index contributed by atoms with van der Waals surface area (Å²) >= 11 is 0. The molecule has 2 unspecified atom stereocenters. The molecule has 4 heteroatoms. The van der Waals surface area contributed by atoms with Crippen LogP contribution in [-0.4, -0.2) is 30.1 Å². The fourth-order valence-electron chi connectivity index (χ4n) is 2.83. The van der Waals surface area contributed by atoms with Crippen LogP contribution >= 0.6 is 0 Å². The summed E-state index contributed by atoms with van der Waals surface area (Å²) in [6.45, 7) is 8.54. The highest BCUT2D eigenvalue weighted by Gasteiger charge is 2.26. The van der Waals surface area contributed by atoms with Gasteiger partial charge in [0.2, 0.25) is 0 Å². The van der Waals surface area contributed by atoms with Crippen LogP contribution in [0.4, 0.5) is 8.78 Å². The van der Waals surface area contributed by atoms with Gasteiger partial charge in [0, 0.05) is 37.3 Å². The lowest BCUT2D eigenvalue weighted by molar-refractivity contribution is 0.122. The highest BCUT2D eigenvalue weighted by atomic mass is 19.1. The van der Waals surface area contributed by atoms with Crippen molar-refractivity contribution in [2.75, 3.05) is 13.1 Å². The molecular weight excluding hydrogens is 258 g/mol. The van der Waals surface area contributed by atoms with Crippen molar-refractivity contribution in [1.82, 2.24) is 10.2 Å².